The fourth-order valence-electron chi connectivity index (χ4n) is 4.66. The molecule has 0 saturated heterocycles. The highest BCUT2D eigenvalue weighted by Crippen LogP contribution is 2.27. The quantitative estimate of drug-likeness (QED) is 0.144. The second-order valence-electron chi connectivity index (χ2n) is 10.7. The Morgan fingerprint density at radius 2 is 1.82 bits per heavy atom. The van der Waals surface area contributed by atoms with Crippen molar-refractivity contribution in [2.45, 2.75) is 26.4 Å². The van der Waals surface area contributed by atoms with Gasteiger partial charge in [-0.2, -0.15) is 17.0 Å². The van der Waals surface area contributed by atoms with Gasteiger partial charge in [-0.05, 0) is 90.7 Å². The van der Waals surface area contributed by atoms with Crippen LogP contribution in [0, 0.1) is 17.1 Å². The van der Waals surface area contributed by atoms with E-state index in [1.165, 1.54) is 48.4 Å². The SMILES string of the molecule is CCCSC.COC(=O)CNC(=O)c1ccc(-c2ccc(N(Cc3cncn3Cc3ccc(C#N)cc3)C(=O)c3cccc(F)c3)cc2)o1. The van der Waals surface area contributed by atoms with Crippen LogP contribution in [0.5, 0.6) is 0 Å². The Morgan fingerprint density at radius 1 is 1.06 bits per heavy atom. The van der Waals surface area contributed by atoms with Crippen LogP contribution in [0.2, 0.25) is 0 Å². The number of amides is 2. The number of hydrogen-bond donors (Lipinski definition) is 1. The van der Waals surface area contributed by atoms with Crippen LogP contribution in [0.4, 0.5) is 10.1 Å². The maximum Gasteiger partial charge on any atom is 0.325 e. The average molecular weight is 682 g/mol. The number of nitrogens with zero attached hydrogens (tertiary/aromatic N) is 4. The number of anilines is 1. The zero-order valence-electron chi connectivity index (χ0n) is 27.4. The van der Waals surface area contributed by atoms with E-state index in [1.54, 1.807) is 61.1 Å². The number of esters is 1. The maximum atomic E-state index is 14.1. The Kier molecular flexibility index (Phi) is 13.3. The average Bonchev–Trinajstić information content (AvgIpc) is 3.80. The summed E-state index contributed by atoms with van der Waals surface area (Å²) in [4.78, 5) is 43.2. The number of nitriles is 1. The summed E-state index contributed by atoms with van der Waals surface area (Å²) in [6.07, 6.45) is 6.77. The second kappa shape index (κ2) is 18.0. The topological polar surface area (TPSA) is 130 Å². The van der Waals surface area contributed by atoms with Gasteiger partial charge in [0.15, 0.2) is 5.76 Å². The van der Waals surface area contributed by atoms with Gasteiger partial charge in [0.05, 0.1) is 37.3 Å². The number of carbonyl (C=O) groups excluding carboxylic acids is 3. The summed E-state index contributed by atoms with van der Waals surface area (Å²) in [5.41, 5.74) is 3.61. The van der Waals surface area contributed by atoms with Gasteiger partial charge in [0.2, 0.25) is 0 Å². The molecule has 0 spiro atoms. The molecule has 0 aliphatic heterocycles. The van der Waals surface area contributed by atoms with E-state index in [-0.39, 0.29) is 24.4 Å². The van der Waals surface area contributed by atoms with Crippen molar-refractivity contribution in [3.63, 3.8) is 0 Å². The Balaban J connectivity index is 0.00000101. The summed E-state index contributed by atoms with van der Waals surface area (Å²) in [6, 6.07) is 24.9. The number of rotatable bonds is 12. The normalized spacial score (nSPS) is 10.3. The fourth-order valence-corrected chi connectivity index (χ4v) is 5.07. The van der Waals surface area contributed by atoms with E-state index in [0.717, 1.165) is 11.3 Å². The zero-order valence-corrected chi connectivity index (χ0v) is 28.2. The number of ether oxygens (including phenoxy) is 1. The van der Waals surface area contributed by atoms with Gasteiger partial charge in [0.1, 0.15) is 18.1 Å². The van der Waals surface area contributed by atoms with Crippen molar-refractivity contribution in [1.82, 2.24) is 14.9 Å². The lowest BCUT2D eigenvalue weighted by atomic mass is 10.1. The third-order valence-corrected chi connectivity index (χ3v) is 8.01. The summed E-state index contributed by atoms with van der Waals surface area (Å²) in [6.45, 7) is 2.50. The summed E-state index contributed by atoms with van der Waals surface area (Å²) < 4.78 is 26.2. The van der Waals surface area contributed by atoms with E-state index in [4.69, 9.17) is 9.68 Å². The van der Waals surface area contributed by atoms with Gasteiger partial charge in [0, 0.05) is 29.6 Å². The number of methoxy groups -OCH3 is 1. The number of imidazole rings is 1. The van der Waals surface area contributed by atoms with Gasteiger partial charge < -0.3 is 23.9 Å². The largest absolute Gasteiger partial charge is 0.468 e. The van der Waals surface area contributed by atoms with Crippen LogP contribution in [-0.2, 0) is 22.6 Å². The summed E-state index contributed by atoms with van der Waals surface area (Å²) in [7, 11) is 1.22. The summed E-state index contributed by atoms with van der Waals surface area (Å²) in [5, 5.41) is 11.5. The van der Waals surface area contributed by atoms with E-state index >= 15 is 0 Å². The van der Waals surface area contributed by atoms with E-state index in [9.17, 15) is 18.8 Å². The molecule has 2 heterocycles. The standard InChI is InChI=1S/C33H26FN5O5.C4H10S/c1-43-31(40)18-37-32(41)30-14-13-29(44-30)24-9-11-27(12-10-24)39(33(42)25-3-2-4-26(34)15-25)20-28-17-36-21-38(28)19-23-7-5-22(16-35)6-8-23;1-3-4-5-2/h2-15,17,21H,18-20H2,1H3,(H,37,41);3-4H2,1-2H3. The first-order chi connectivity index (χ1) is 23.8. The Hall–Kier alpha value is -5.67. The summed E-state index contributed by atoms with van der Waals surface area (Å²) >= 11 is 1.90. The molecule has 49 heavy (non-hydrogen) atoms. The van der Waals surface area contributed by atoms with Crippen molar-refractivity contribution >= 4 is 35.2 Å². The molecule has 2 aromatic heterocycles. The van der Waals surface area contributed by atoms with E-state index in [2.05, 4.69) is 34.3 Å². The molecular formula is C37H36FN5O5S. The number of nitrogens with one attached hydrogen (secondary N) is 1. The molecule has 3 aromatic carbocycles. The lowest BCUT2D eigenvalue weighted by Gasteiger charge is -2.24. The first-order valence-corrected chi connectivity index (χ1v) is 16.7. The molecular weight excluding hydrogens is 646 g/mol. The van der Waals surface area contributed by atoms with Crippen molar-refractivity contribution in [3.05, 3.63) is 131 Å². The van der Waals surface area contributed by atoms with Gasteiger partial charge in [-0.15, -0.1) is 0 Å². The van der Waals surface area contributed by atoms with Crippen LogP contribution in [0.1, 0.15) is 51.1 Å². The predicted octanol–water partition coefficient (Wildman–Crippen LogP) is 6.71. The van der Waals surface area contributed by atoms with Gasteiger partial charge >= 0.3 is 5.97 Å². The lowest BCUT2D eigenvalue weighted by molar-refractivity contribution is -0.139. The molecule has 0 aliphatic rings. The first kappa shape index (κ1) is 36.2. The molecule has 2 amide bonds. The minimum Gasteiger partial charge on any atom is -0.468 e. The maximum absolute atomic E-state index is 14.1. The Morgan fingerprint density at radius 3 is 2.45 bits per heavy atom. The van der Waals surface area contributed by atoms with Crippen LogP contribution in [0.3, 0.4) is 0 Å². The molecule has 0 unspecified atom stereocenters. The third-order valence-electron chi connectivity index (χ3n) is 7.19. The molecule has 5 aromatic rings. The van der Waals surface area contributed by atoms with Crippen molar-refractivity contribution in [2.75, 3.05) is 30.6 Å². The minimum atomic E-state index is -0.588. The van der Waals surface area contributed by atoms with Crippen LogP contribution in [0.25, 0.3) is 11.3 Å². The van der Waals surface area contributed by atoms with Crippen LogP contribution in [-0.4, -0.2) is 53.0 Å². The Bertz CT molecular complexity index is 1900. The molecule has 5 rings (SSSR count). The number of furan rings is 1. The van der Waals surface area contributed by atoms with Crippen molar-refractivity contribution in [2.24, 2.45) is 0 Å². The van der Waals surface area contributed by atoms with Gasteiger partial charge in [-0.3, -0.25) is 14.4 Å². The number of carbonyl (C=O) groups is 3. The van der Waals surface area contributed by atoms with Crippen molar-refractivity contribution in [3.8, 4) is 17.4 Å². The second-order valence-corrected chi connectivity index (χ2v) is 11.7. The smallest absolute Gasteiger partial charge is 0.325 e. The molecule has 0 atom stereocenters. The monoisotopic (exact) mass is 681 g/mol. The van der Waals surface area contributed by atoms with Gasteiger partial charge in [0.25, 0.3) is 11.8 Å². The number of aromatic nitrogens is 2. The predicted molar refractivity (Wildman–Crippen MR) is 187 cm³/mol. The number of benzene rings is 3. The Labute approximate surface area is 288 Å². The number of halogens is 1. The zero-order chi connectivity index (χ0) is 35.2. The molecule has 10 nitrogen and oxygen atoms in total. The molecule has 252 valence electrons. The lowest BCUT2D eigenvalue weighted by Crippen LogP contribution is -2.31. The molecule has 0 bridgehead atoms. The molecule has 1 N–H and O–H groups in total. The minimum absolute atomic E-state index is 0.0198. The fraction of sp³-hybridized carbons (Fsp3) is 0.216. The highest BCUT2D eigenvalue weighted by atomic mass is 32.2. The van der Waals surface area contributed by atoms with E-state index in [0.29, 0.717) is 29.1 Å². The number of thioether (sulfide) groups is 1. The van der Waals surface area contributed by atoms with Crippen molar-refractivity contribution < 1.29 is 27.9 Å². The number of hydrogen-bond acceptors (Lipinski definition) is 8. The molecule has 0 saturated carbocycles. The van der Waals surface area contributed by atoms with Crippen LogP contribution < -0.4 is 10.2 Å². The van der Waals surface area contributed by atoms with Gasteiger partial charge in [-0.25, -0.2) is 9.37 Å². The van der Waals surface area contributed by atoms with Crippen LogP contribution in [0.15, 0.2) is 102 Å². The molecule has 0 aliphatic carbocycles. The molecule has 12 heteroatoms. The highest BCUT2D eigenvalue weighted by Gasteiger charge is 2.21. The summed E-state index contributed by atoms with van der Waals surface area (Å²) in [5.74, 6) is -0.361. The molecule has 0 fully saturated rings. The van der Waals surface area contributed by atoms with E-state index in [1.807, 2.05) is 28.5 Å². The van der Waals surface area contributed by atoms with E-state index < -0.39 is 23.6 Å². The first-order valence-electron chi connectivity index (χ1n) is 15.4. The third kappa shape index (κ3) is 10.2. The molecule has 0 radical (unpaired) electrons. The van der Waals surface area contributed by atoms with Crippen molar-refractivity contribution in [1.29, 1.82) is 5.26 Å². The highest BCUT2D eigenvalue weighted by molar-refractivity contribution is 7.98. The van der Waals surface area contributed by atoms with Gasteiger partial charge in [-0.1, -0.05) is 25.1 Å². The van der Waals surface area contributed by atoms with Crippen LogP contribution >= 0.6 is 11.8 Å².